The normalized spacial score (nSPS) is 9.92. The minimum Gasteiger partial charge on any atom is -0.451 e. The fourth-order valence-corrected chi connectivity index (χ4v) is 2.03. The van der Waals surface area contributed by atoms with Crippen molar-refractivity contribution in [3.05, 3.63) is 16.4 Å². The molecule has 66 valence electrons. The van der Waals surface area contributed by atoms with Crippen molar-refractivity contribution in [2.24, 2.45) is 0 Å². The number of rotatable bonds is 1. The Morgan fingerprint density at radius 2 is 2.50 bits per heavy atom. The molecule has 0 bridgehead atoms. The Morgan fingerprint density at radius 1 is 1.83 bits per heavy atom. The van der Waals surface area contributed by atoms with E-state index in [9.17, 15) is 4.79 Å². The van der Waals surface area contributed by atoms with Gasteiger partial charge in [0, 0.05) is 5.33 Å². The second kappa shape index (κ2) is 4.04. The van der Waals surface area contributed by atoms with Crippen LogP contribution in [0.2, 0.25) is 0 Å². The maximum atomic E-state index is 11.0. The van der Waals surface area contributed by atoms with Gasteiger partial charge in [-0.25, -0.2) is 4.79 Å². The molecule has 0 saturated heterocycles. The number of aromatic nitrogens is 2. The van der Waals surface area contributed by atoms with Crippen LogP contribution in [-0.2, 0) is 10.1 Å². The molecule has 0 radical (unpaired) electrons. The molecular weight excluding hydrogens is 292 g/mol. The Labute approximate surface area is 86.1 Å². The summed E-state index contributed by atoms with van der Waals surface area (Å²) in [5, 5.41) is 4.37. The highest BCUT2D eigenvalue weighted by molar-refractivity contribution is 9.10. The minimum absolute atomic E-state index is 0.491. The van der Waals surface area contributed by atoms with Gasteiger partial charge in [-0.3, -0.25) is 0 Å². The molecule has 1 rings (SSSR count). The van der Waals surface area contributed by atoms with Gasteiger partial charge >= 0.3 is 6.09 Å². The summed E-state index contributed by atoms with van der Waals surface area (Å²) < 4.78 is 6.49. The van der Waals surface area contributed by atoms with Gasteiger partial charge < -0.3 is 4.74 Å². The number of hydrogen-bond acceptors (Lipinski definition) is 3. The summed E-state index contributed by atoms with van der Waals surface area (Å²) in [6.45, 7) is 0. The van der Waals surface area contributed by atoms with Gasteiger partial charge in [-0.15, -0.1) is 0 Å². The zero-order valence-electron chi connectivity index (χ0n) is 6.25. The average Bonchev–Trinajstić information content (AvgIpc) is 2.45. The first-order valence-corrected chi connectivity index (χ1v) is 4.98. The van der Waals surface area contributed by atoms with Crippen LogP contribution >= 0.6 is 31.9 Å². The first-order valence-electron chi connectivity index (χ1n) is 3.07. The lowest BCUT2D eigenvalue weighted by molar-refractivity contribution is 0.168. The highest BCUT2D eigenvalue weighted by Gasteiger charge is 2.13. The van der Waals surface area contributed by atoms with E-state index < -0.39 is 6.09 Å². The van der Waals surface area contributed by atoms with Crippen molar-refractivity contribution in [1.82, 2.24) is 9.78 Å². The Morgan fingerprint density at radius 3 is 3.00 bits per heavy atom. The monoisotopic (exact) mass is 296 g/mol. The van der Waals surface area contributed by atoms with E-state index in [0.29, 0.717) is 5.33 Å². The maximum Gasteiger partial charge on any atom is 0.434 e. The van der Waals surface area contributed by atoms with Gasteiger partial charge in [0.05, 0.1) is 23.5 Å². The standard InChI is InChI=1S/C6H6Br2N2O2/c1-12-6(11)10-5(2-7)4(8)3-9-10/h3H,2H2,1H3. The van der Waals surface area contributed by atoms with Crippen LogP contribution in [0.5, 0.6) is 0 Å². The number of methoxy groups -OCH3 is 1. The van der Waals surface area contributed by atoms with Crippen molar-refractivity contribution in [2.45, 2.75) is 5.33 Å². The number of halogens is 2. The van der Waals surface area contributed by atoms with E-state index in [4.69, 9.17) is 0 Å². The van der Waals surface area contributed by atoms with E-state index in [2.05, 4.69) is 41.7 Å². The summed E-state index contributed by atoms with van der Waals surface area (Å²) in [6.07, 6.45) is 1.06. The molecule has 0 aliphatic heterocycles. The Hall–Kier alpha value is -0.360. The SMILES string of the molecule is COC(=O)n1ncc(Br)c1CBr. The number of alkyl halides is 1. The molecule has 6 heteroatoms. The third-order valence-corrected chi connectivity index (χ3v) is 2.49. The molecule has 0 saturated carbocycles. The number of carbonyl (C=O) groups excluding carboxylic acids is 1. The number of carbonyl (C=O) groups is 1. The van der Waals surface area contributed by atoms with E-state index >= 15 is 0 Å². The van der Waals surface area contributed by atoms with Crippen LogP contribution in [0.3, 0.4) is 0 Å². The van der Waals surface area contributed by atoms with E-state index in [1.165, 1.54) is 11.8 Å². The van der Waals surface area contributed by atoms with Gasteiger partial charge in [0.15, 0.2) is 0 Å². The van der Waals surface area contributed by atoms with Crippen LogP contribution in [0, 0.1) is 0 Å². The van der Waals surface area contributed by atoms with Gasteiger partial charge in [-0.1, -0.05) is 15.9 Å². The molecule has 1 aromatic rings. The van der Waals surface area contributed by atoms with Gasteiger partial charge in [0.25, 0.3) is 0 Å². The number of nitrogens with zero attached hydrogens (tertiary/aromatic N) is 2. The molecule has 0 atom stereocenters. The topological polar surface area (TPSA) is 44.1 Å². The van der Waals surface area contributed by atoms with E-state index in [0.717, 1.165) is 10.2 Å². The summed E-state index contributed by atoms with van der Waals surface area (Å²) in [7, 11) is 1.32. The van der Waals surface area contributed by atoms with Crippen molar-refractivity contribution in [2.75, 3.05) is 7.11 Å². The molecular formula is C6H6Br2N2O2. The van der Waals surface area contributed by atoms with Gasteiger partial charge in [-0.05, 0) is 15.9 Å². The molecule has 0 aliphatic carbocycles. The van der Waals surface area contributed by atoms with Gasteiger partial charge in [-0.2, -0.15) is 9.78 Å². The predicted molar refractivity (Wildman–Crippen MR) is 50.4 cm³/mol. The van der Waals surface area contributed by atoms with Crippen LogP contribution in [0.4, 0.5) is 4.79 Å². The zero-order valence-corrected chi connectivity index (χ0v) is 9.42. The second-order valence-electron chi connectivity index (χ2n) is 1.95. The van der Waals surface area contributed by atoms with Crippen LogP contribution in [-0.4, -0.2) is 23.0 Å². The smallest absolute Gasteiger partial charge is 0.434 e. The van der Waals surface area contributed by atoms with Gasteiger partial charge in [0.1, 0.15) is 0 Å². The lowest BCUT2D eigenvalue weighted by Crippen LogP contribution is -2.15. The number of ether oxygens (including phenoxy) is 1. The molecule has 0 aromatic carbocycles. The second-order valence-corrected chi connectivity index (χ2v) is 3.37. The molecule has 0 unspecified atom stereocenters. The largest absolute Gasteiger partial charge is 0.451 e. The van der Waals surface area contributed by atoms with Crippen LogP contribution in [0.1, 0.15) is 5.69 Å². The van der Waals surface area contributed by atoms with E-state index in [1.807, 2.05) is 0 Å². The highest BCUT2D eigenvalue weighted by Crippen LogP contribution is 2.18. The summed E-state index contributed by atoms with van der Waals surface area (Å²) in [6, 6.07) is 0. The van der Waals surface area contributed by atoms with Crippen molar-refractivity contribution in [3.8, 4) is 0 Å². The van der Waals surface area contributed by atoms with Crippen LogP contribution in [0.25, 0.3) is 0 Å². The van der Waals surface area contributed by atoms with Crippen LogP contribution in [0.15, 0.2) is 10.7 Å². The quantitative estimate of drug-likeness (QED) is 0.746. The van der Waals surface area contributed by atoms with Crippen LogP contribution < -0.4 is 0 Å². The average molecular weight is 298 g/mol. The summed E-state index contributed by atoms with van der Waals surface area (Å²) >= 11 is 6.49. The Balaban J connectivity index is 3.07. The molecule has 0 N–H and O–H groups in total. The highest BCUT2D eigenvalue weighted by atomic mass is 79.9. The summed E-state index contributed by atoms with van der Waals surface area (Å²) in [5.41, 5.74) is 0.738. The third kappa shape index (κ3) is 1.69. The molecule has 1 aromatic heterocycles. The number of hydrogen-bond donors (Lipinski definition) is 0. The molecule has 1 heterocycles. The summed E-state index contributed by atoms with van der Waals surface area (Å²) in [4.78, 5) is 11.0. The molecule has 0 amide bonds. The molecule has 4 nitrogen and oxygen atoms in total. The molecule has 0 spiro atoms. The maximum absolute atomic E-state index is 11.0. The fourth-order valence-electron chi connectivity index (χ4n) is 0.718. The van der Waals surface area contributed by atoms with Crippen molar-refractivity contribution in [1.29, 1.82) is 0 Å². The van der Waals surface area contributed by atoms with Crippen molar-refractivity contribution >= 4 is 38.0 Å². The van der Waals surface area contributed by atoms with Crippen molar-refractivity contribution < 1.29 is 9.53 Å². The Bertz CT molecular complexity index is 298. The Kier molecular flexibility index (Phi) is 3.28. The lowest BCUT2D eigenvalue weighted by Gasteiger charge is -2.01. The third-order valence-electron chi connectivity index (χ3n) is 1.29. The molecule has 0 aliphatic rings. The lowest BCUT2D eigenvalue weighted by atomic mass is 10.5. The van der Waals surface area contributed by atoms with Gasteiger partial charge in [0.2, 0.25) is 0 Å². The molecule has 0 fully saturated rings. The minimum atomic E-state index is -0.491. The van der Waals surface area contributed by atoms with E-state index in [-0.39, 0.29) is 0 Å². The first kappa shape index (κ1) is 9.73. The fraction of sp³-hybridized carbons (Fsp3) is 0.333. The molecule has 12 heavy (non-hydrogen) atoms. The predicted octanol–water partition coefficient (Wildman–Crippen LogP) is 2.16. The zero-order chi connectivity index (χ0) is 9.14. The summed E-state index contributed by atoms with van der Waals surface area (Å²) in [5.74, 6) is 0. The van der Waals surface area contributed by atoms with E-state index in [1.54, 1.807) is 6.20 Å². The van der Waals surface area contributed by atoms with Crippen molar-refractivity contribution in [3.63, 3.8) is 0 Å². The first-order chi connectivity index (χ1) is 5.70.